The van der Waals surface area contributed by atoms with Gasteiger partial charge in [-0.15, -0.1) is 0 Å². The highest BCUT2D eigenvalue weighted by atomic mass is 79.9. The molecule has 2 amide bonds. The van der Waals surface area contributed by atoms with Crippen molar-refractivity contribution in [2.24, 2.45) is 0 Å². The molecular weight excluding hydrogens is 324 g/mol. The van der Waals surface area contributed by atoms with Crippen molar-refractivity contribution in [2.75, 3.05) is 18.5 Å². The van der Waals surface area contributed by atoms with Crippen LogP contribution < -0.4 is 5.32 Å². The lowest BCUT2D eigenvalue weighted by atomic mass is 10.1. The molecule has 0 radical (unpaired) electrons. The number of amides is 2. The third-order valence-electron chi connectivity index (χ3n) is 3.42. The van der Waals surface area contributed by atoms with Gasteiger partial charge in [-0.3, -0.25) is 9.59 Å². The van der Waals surface area contributed by atoms with E-state index in [0.717, 1.165) is 4.47 Å². The Morgan fingerprint density at radius 3 is 2.85 bits per heavy atom. The topological polar surface area (TPSA) is 58.6 Å². The highest BCUT2D eigenvalue weighted by Gasteiger charge is 2.32. The molecule has 1 saturated heterocycles. The number of anilines is 1. The molecule has 1 aromatic rings. The molecule has 5 nitrogen and oxygen atoms in total. The zero-order valence-electron chi connectivity index (χ0n) is 11.4. The number of morpholine rings is 1. The predicted molar refractivity (Wildman–Crippen MR) is 79.4 cm³/mol. The number of ether oxygens (including phenoxy) is 1. The van der Waals surface area contributed by atoms with Gasteiger partial charge in [0.05, 0.1) is 18.8 Å². The van der Waals surface area contributed by atoms with E-state index in [2.05, 4.69) is 21.2 Å². The maximum atomic E-state index is 12.2. The van der Waals surface area contributed by atoms with Crippen molar-refractivity contribution in [3.63, 3.8) is 0 Å². The average Bonchev–Trinajstić information content (AvgIpc) is 2.41. The van der Waals surface area contributed by atoms with Gasteiger partial charge in [-0.2, -0.15) is 0 Å². The number of carbonyl (C=O) groups excluding carboxylic acids is 2. The second kappa shape index (κ2) is 6.37. The molecule has 0 saturated carbocycles. The summed E-state index contributed by atoms with van der Waals surface area (Å²) < 4.78 is 6.30. The Balaban J connectivity index is 2.03. The Morgan fingerprint density at radius 2 is 2.15 bits per heavy atom. The summed E-state index contributed by atoms with van der Waals surface area (Å²) >= 11 is 3.32. The molecule has 1 fully saturated rings. The number of nitrogens with one attached hydrogen (secondary N) is 1. The monoisotopic (exact) mass is 340 g/mol. The Bertz CT molecular complexity index is 521. The van der Waals surface area contributed by atoms with Gasteiger partial charge in [-0.25, -0.2) is 0 Å². The van der Waals surface area contributed by atoms with Gasteiger partial charge >= 0.3 is 11.8 Å². The van der Waals surface area contributed by atoms with Crippen molar-refractivity contribution in [3.05, 3.63) is 28.7 Å². The van der Waals surface area contributed by atoms with Crippen LogP contribution in [0.4, 0.5) is 5.69 Å². The first kappa shape index (κ1) is 15.0. The number of benzene rings is 1. The molecule has 2 atom stereocenters. The minimum Gasteiger partial charge on any atom is -0.375 e. The third kappa shape index (κ3) is 3.37. The molecule has 1 aliphatic heterocycles. The Kier molecular flexibility index (Phi) is 4.77. The van der Waals surface area contributed by atoms with Gasteiger partial charge in [0.1, 0.15) is 0 Å². The first-order chi connectivity index (χ1) is 9.49. The van der Waals surface area contributed by atoms with Crippen molar-refractivity contribution in [1.29, 1.82) is 0 Å². The van der Waals surface area contributed by atoms with E-state index in [1.54, 1.807) is 23.1 Å². The maximum Gasteiger partial charge on any atom is 0.313 e. The minimum absolute atomic E-state index is 0.0635. The summed E-state index contributed by atoms with van der Waals surface area (Å²) in [6.45, 7) is 4.68. The normalized spacial score (nSPS) is 22.4. The van der Waals surface area contributed by atoms with E-state index in [1.807, 2.05) is 19.9 Å². The molecule has 1 N–H and O–H groups in total. The van der Waals surface area contributed by atoms with Crippen molar-refractivity contribution in [3.8, 4) is 0 Å². The number of carbonyl (C=O) groups is 2. The molecule has 20 heavy (non-hydrogen) atoms. The van der Waals surface area contributed by atoms with Crippen LogP contribution in [0.3, 0.4) is 0 Å². The van der Waals surface area contributed by atoms with Crippen molar-refractivity contribution in [2.45, 2.75) is 26.0 Å². The van der Waals surface area contributed by atoms with E-state index >= 15 is 0 Å². The van der Waals surface area contributed by atoms with E-state index in [-0.39, 0.29) is 12.1 Å². The lowest BCUT2D eigenvalue weighted by Gasteiger charge is -2.37. The third-order valence-corrected chi connectivity index (χ3v) is 3.91. The van der Waals surface area contributed by atoms with Crippen molar-refractivity contribution < 1.29 is 14.3 Å². The van der Waals surface area contributed by atoms with Gasteiger partial charge < -0.3 is 15.0 Å². The Labute approximate surface area is 126 Å². The first-order valence-electron chi connectivity index (χ1n) is 6.48. The van der Waals surface area contributed by atoms with Gasteiger partial charge in [-0.1, -0.05) is 22.0 Å². The van der Waals surface area contributed by atoms with Crippen LogP contribution in [0.5, 0.6) is 0 Å². The molecule has 2 rings (SSSR count). The molecule has 0 aromatic heterocycles. The average molecular weight is 341 g/mol. The molecule has 0 bridgehead atoms. The fourth-order valence-corrected chi connectivity index (χ4v) is 2.50. The van der Waals surface area contributed by atoms with E-state index in [4.69, 9.17) is 4.74 Å². The van der Waals surface area contributed by atoms with Crippen LogP contribution >= 0.6 is 15.9 Å². The smallest absolute Gasteiger partial charge is 0.313 e. The number of nitrogens with zero attached hydrogens (tertiary/aromatic N) is 1. The molecule has 0 spiro atoms. The van der Waals surface area contributed by atoms with Gasteiger partial charge in [0.25, 0.3) is 0 Å². The van der Waals surface area contributed by atoms with Gasteiger partial charge in [0.2, 0.25) is 0 Å². The van der Waals surface area contributed by atoms with Crippen LogP contribution in [0.25, 0.3) is 0 Å². The maximum absolute atomic E-state index is 12.2. The quantitative estimate of drug-likeness (QED) is 0.795. The van der Waals surface area contributed by atoms with Gasteiger partial charge in [-0.05, 0) is 32.0 Å². The zero-order chi connectivity index (χ0) is 14.7. The highest BCUT2D eigenvalue weighted by molar-refractivity contribution is 9.10. The van der Waals surface area contributed by atoms with Crippen LogP contribution in [0.1, 0.15) is 13.8 Å². The zero-order valence-corrected chi connectivity index (χ0v) is 13.0. The van der Waals surface area contributed by atoms with Crippen LogP contribution in [0, 0.1) is 0 Å². The lowest BCUT2D eigenvalue weighted by Crippen LogP contribution is -2.54. The second-order valence-corrected chi connectivity index (χ2v) is 5.70. The van der Waals surface area contributed by atoms with Crippen molar-refractivity contribution >= 4 is 33.4 Å². The summed E-state index contributed by atoms with van der Waals surface area (Å²) in [4.78, 5) is 25.8. The first-order valence-corrected chi connectivity index (χ1v) is 7.27. The van der Waals surface area contributed by atoms with Gasteiger partial charge in [0.15, 0.2) is 0 Å². The molecule has 108 valence electrons. The van der Waals surface area contributed by atoms with E-state index in [0.29, 0.717) is 18.8 Å². The number of hydrogen-bond acceptors (Lipinski definition) is 3. The number of hydrogen-bond donors (Lipinski definition) is 1. The predicted octanol–water partition coefficient (Wildman–Crippen LogP) is 2.02. The molecule has 1 aromatic carbocycles. The fraction of sp³-hybridized carbons (Fsp3) is 0.429. The van der Waals surface area contributed by atoms with Crippen LogP contribution in [0.15, 0.2) is 28.7 Å². The summed E-state index contributed by atoms with van der Waals surface area (Å²) in [5.74, 6) is -1.14. The van der Waals surface area contributed by atoms with E-state index in [9.17, 15) is 9.59 Å². The molecule has 0 aliphatic carbocycles. The largest absolute Gasteiger partial charge is 0.375 e. The summed E-state index contributed by atoms with van der Waals surface area (Å²) in [6, 6.07) is 7.02. The Hall–Kier alpha value is -1.40. The number of rotatable bonds is 1. The molecular formula is C14H17BrN2O3. The molecule has 1 heterocycles. The summed E-state index contributed by atoms with van der Waals surface area (Å²) in [6.07, 6.45) is -0.0635. The van der Waals surface area contributed by atoms with E-state index in [1.165, 1.54) is 0 Å². The van der Waals surface area contributed by atoms with Crippen molar-refractivity contribution in [1.82, 2.24) is 4.90 Å². The lowest BCUT2D eigenvalue weighted by molar-refractivity contribution is -0.152. The summed E-state index contributed by atoms with van der Waals surface area (Å²) in [5, 5.41) is 2.61. The van der Waals surface area contributed by atoms with E-state index < -0.39 is 11.8 Å². The van der Waals surface area contributed by atoms with Gasteiger partial charge in [0, 0.05) is 16.7 Å². The standard InChI is InChI=1S/C14H17BrN2O3/c1-9-10(2)20-7-6-17(9)14(19)13(18)16-12-5-3-4-11(15)8-12/h3-5,8-10H,6-7H2,1-2H3,(H,16,18)/t9-,10-/m1/s1. The molecule has 1 aliphatic rings. The van der Waals surface area contributed by atoms with Crippen LogP contribution in [0.2, 0.25) is 0 Å². The number of halogens is 1. The summed E-state index contributed by atoms with van der Waals surface area (Å²) in [5.41, 5.74) is 0.590. The molecule has 0 unspecified atom stereocenters. The van der Waals surface area contributed by atoms with Crippen LogP contribution in [-0.2, 0) is 14.3 Å². The summed E-state index contributed by atoms with van der Waals surface area (Å²) in [7, 11) is 0. The minimum atomic E-state index is -0.621. The van der Waals surface area contributed by atoms with Crippen LogP contribution in [-0.4, -0.2) is 42.0 Å². The molecule has 6 heteroatoms. The SMILES string of the molecule is C[C@@H]1[C@@H](C)OCCN1C(=O)C(=O)Nc1cccc(Br)c1. The fourth-order valence-electron chi connectivity index (χ4n) is 2.10. The second-order valence-electron chi connectivity index (χ2n) is 4.78. The highest BCUT2D eigenvalue weighted by Crippen LogP contribution is 2.17. The Morgan fingerprint density at radius 1 is 1.40 bits per heavy atom.